The zero-order chi connectivity index (χ0) is 16.2. The second-order valence-electron chi connectivity index (χ2n) is 5.99. The maximum absolute atomic E-state index is 11.2. The minimum absolute atomic E-state index is 0.184. The van der Waals surface area contributed by atoms with Crippen LogP contribution in [0.15, 0.2) is 6.20 Å². The topological polar surface area (TPSA) is 102 Å². The summed E-state index contributed by atoms with van der Waals surface area (Å²) >= 11 is 0. The van der Waals surface area contributed by atoms with Gasteiger partial charge in [-0.1, -0.05) is 5.21 Å². The van der Waals surface area contributed by atoms with Crippen molar-refractivity contribution in [3.63, 3.8) is 0 Å². The standard InChI is InChI=1S/C14H23N5O4/c1-10(20)15-14-12(21)9-23-13(14)8-19-7-11(16-17-19)6-18-2-4-22-5-3-18/h7,12-14,21H,2-6,8-9H2,1H3,(H,15,20)/t12-,13+,14+/m0/s1. The average molecular weight is 325 g/mol. The molecule has 2 saturated heterocycles. The molecule has 3 heterocycles. The highest BCUT2D eigenvalue weighted by molar-refractivity contribution is 5.73. The van der Waals surface area contributed by atoms with Crippen molar-refractivity contribution >= 4 is 5.91 Å². The van der Waals surface area contributed by atoms with Crippen LogP contribution in [0.1, 0.15) is 12.6 Å². The molecule has 2 aliphatic heterocycles. The van der Waals surface area contributed by atoms with Crippen LogP contribution in [0.5, 0.6) is 0 Å². The summed E-state index contributed by atoms with van der Waals surface area (Å²) in [7, 11) is 0. The van der Waals surface area contributed by atoms with E-state index >= 15 is 0 Å². The Labute approximate surface area is 134 Å². The first-order chi connectivity index (χ1) is 11.1. The van der Waals surface area contributed by atoms with E-state index in [4.69, 9.17) is 9.47 Å². The Hall–Kier alpha value is -1.55. The summed E-state index contributed by atoms with van der Waals surface area (Å²) in [6.45, 7) is 6.12. The number of morpholine rings is 1. The van der Waals surface area contributed by atoms with E-state index in [2.05, 4.69) is 20.5 Å². The van der Waals surface area contributed by atoms with Gasteiger partial charge in [0, 0.05) is 32.8 Å². The van der Waals surface area contributed by atoms with E-state index in [1.54, 1.807) is 4.68 Å². The van der Waals surface area contributed by atoms with Crippen LogP contribution in [-0.4, -0.2) is 82.1 Å². The summed E-state index contributed by atoms with van der Waals surface area (Å²) in [4.78, 5) is 13.5. The number of hydrogen-bond acceptors (Lipinski definition) is 7. The molecule has 23 heavy (non-hydrogen) atoms. The minimum Gasteiger partial charge on any atom is -0.388 e. The van der Waals surface area contributed by atoms with Crippen molar-refractivity contribution in [3.8, 4) is 0 Å². The van der Waals surface area contributed by atoms with Gasteiger partial charge in [-0.05, 0) is 0 Å². The largest absolute Gasteiger partial charge is 0.388 e. The molecule has 3 rings (SSSR count). The Morgan fingerprint density at radius 1 is 1.48 bits per heavy atom. The van der Waals surface area contributed by atoms with Crippen LogP contribution in [0, 0.1) is 0 Å². The number of rotatable bonds is 5. The molecule has 3 atom stereocenters. The second kappa shape index (κ2) is 7.35. The fraction of sp³-hybridized carbons (Fsp3) is 0.786. The van der Waals surface area contributed by atoms with Crippen LogP contribution < -0.4 is 5.32 Å². The first-order valence-electron chi connectivity index (χ1n) is 7.87. The fourth-order valence-electron chi connectivity index (χ4n) is 2.94. The average Bonchev–Trinajstić information content (AvgIpc) is 3.09. The van der Waals surface area contributed by atoms with Gasteiger partial charge in [-0.15, -0.1) is 5.10 Å². The van der Waals surface area contributed by atoms with E-state index in [-0.39, 0.29) is 18.6 Å². The van der Waals surface area contributed by atoms with Gasteiger partial charge in [-0.3, -0.25) is 9.69 Å². The van der Waals surface area contributed by atoms with Gasteiger partial charge in [0.05, 0.1) is 44.2 Å². The summed E-state index contributed by atoms with van der Waals surface area (Å²) < 4.78 is 12.6. The molecule has 0 saturated carbocycles. The van der Waals surface area contributed by atoms with Gasteiger partial charge >= 0.3 is 0 Å². The Morgan fingerprint density at radius 2 is 2.26 bits per heavy atom. The van der Waals surface area contributed by atoms with Crippen molar-refractivity contribution < 1.29 is 19.4 Å². The number of amides is 1. The van der Waals surface area contributed by atoms with Crippen LogP contribution in [0.4, 0.5) is 0 Å². The van der Waals surface area contributed by atoms with Crippen LogP contribution in [0.25, 0.3) is 0 Å². The summed E-state index contributed by atoms with van der Waals surface area (Å²) in [6, 6.07) is -0.417. The Balaban J connectivity index is 1.56. The molecule has 0 radical (unpaired) electrons. The number of hydrogen-bond donors (Lipinski definition) is 2. The number of nitrogens with zero attached hydrogens (tertiary/aromatic N) is 4. The summed E-state index contributed by atoms with van der Waals surface area (Å²) in [6.07, 6.45) is 0.876. The lowest BCUT2D eigenvalue weighted by molar-refractivity contribution is -0.120. The third-order valence-electron chi connectivity index (χ3n) is 4.11. The molecule has 0 aliphatic carbocycles. The molecule has 9 nitrogen and oxygen atoms in total. The lowest BCUT2D eigenvalue weighted by atomic mass is 10.1. The lowest BCUT2D eigenvalue weighted by Gasteiger charge is -2.25. The van der Waals surface area contributed by atoms with Crippen molar-refractivity contribution in [2.75, 3.05) is 32.9 Å². The molecule has 2 fully saturated rings. The van der Waals surface area contributed by atoms with Crippen molar-refractivity contribution in [2.24, 2.45) is 0 Å². The Bertz CT molecular complexity index is 531. The number of aliphatic hydroxyl groups is 1. The zero-order valence-corrected chi connectivity index (χ0v) is 13.2. The number of ether oxygens (including phenoxy) is 2. The number of aromatic nitrogens is 3. The number of aliphatic hydroxyl groups excluding tert-OH is 1. The monoisotopic (exact) mass is 325 g/mol. The third-order valence-corrected chi connectivity index (χ3v) is 4.11. The minimum atomic E-state index is -0.694. The van der Waals surface area contributed by atoms with Gasteiger partial charge in [0.15, 0.2) is 0 Å². The summed E-state index contributed by atoms with van der Waals surface area (Å²) in [5.41, 5.74) is 0.890. The van der Waals surface area contributed by atoms with Crippen molar-refractivity contribution in [2.45, 2.75) is 38.3 Å². The van der Waals surface area contributed by atoms with E-state index in [0.29, 0.717) is 6.54 Å². The highest BCUT2D eigenvalue weighted by Crippen LogP contribution is 2.16. The van der Waals surface area contributed by atoms with Gasteiger partial charge < -0.3 is 19.9 Å². The molecule has 128 valence electrons. The summed E-state index contributed by atoms with van der Waals surface area (Å²) in [5, 5.41) is 20.9. The highest BCUT2D eigenvalue weighted by atomic mass is 16.5. The third kappa shape index (κ3) is 4.25. The number of carbonyl (C=O) groups excluding carboxylic acids is 1. The quantitative estimate of drug-likeness (QED) is 0.670. The molecule has 9 heteroatoms. The fourth-order valence-corrected chi connectivity index (χ4v) is 2.94. The second-order valence-corrected chi connectivity index (χ2v) is 5.99. The van der Waals surface area contributed by atoms with Gasteiger partial charge in [-0.2, -0.15) is 0 Å². The SMILES string of the molecule is CC(=O)N[C@@H]1[C@@H](O)CO[C@@H]1Cn1cc(CN2CCOCC2)nn1. The maximum Gasteiger partial charge on any atom is 0.217 e. The molecule has 1 aromatic rings. The normalized spacial score (nSPS) is 28.9. The predicted molar refractivity (Wildman–Crippen MR) is 79.5 cm³/mol. The Morgan fingerprint density at radius 3 is 3.00 bits per heavy atom. The molecule has 0 aromatic carbocycles. The molecule has 2 aliphatic rings. The first kappa shape index (κ1) is 16.3. The molecule has 1 amide bonds. The number of nitrogens with one attached hydrogen (secondary N) is 1. The van der Waals surface area contributed by atoms with Crippen molar-refractivity contribution in [1.29, 1.82) is 0 Å². The lowest BCUT2D eigenvalue weighted by Crippen LogP contribution is -2.47. The van der Waals surface area contributed by atoms with Crippen LogP contribution in [0.3, 0.4) is 0 Å². The van der Waals surface area contributed by atoms with E-state index in [9.17, 15) is 9.90 Å². The maximum atomic E-state index is 11.2. The van der Waals surface area contributed by atoms with E-state index < -0.39 is 12.1 Å². The van der Waals surface area contributed by atoms with Crippen LogP contribution in [0.2, 0.25) is 0 Å². The van der Waals surface area contributed by atoms with E-state index in [0.717, 1.165) is 38.5 Å². The van der Waals surface area contributed by atoms with E-state index in [1.807, 2.05) is 6.20 Å². The molecular formula is C14H23N5O4. The first-order valence-corrected chi connectivity index (χ1v) is 7.87. The molecule has 1 aromatic heterocycles. The van der Waals surface area contributed by atoms with Crippen molar-refractivity contribution in [3.05, 3.63) is 11.9 Å². The summed E-state index contributed by atoms with van der Waals surface area (Å²) in [5.74, 6) is -0.184. The molecule has 0 bridgehead atoms. The molecular weight excluding hydrogens is 302 g/mol. The zero-order valence-electron chi connectivity index (χ0n) is 13.2. The van der Waals surface area contributed by atoms with Crippen molar-refractivity contribution in [1.82, 2.24) is 25.2 Å². The Kier molecular flexibility index (Phi) is 5.21. The predicted octanol–water partition coefficient (Wildman–Crippen LogP) is -1.63. The van der Waals surface area contributed by atoms with Gasteiger partial charge in [-0.25, -0.2) is 4.68 Å². The number of carbonyl (C=O) groups is 1. The van der Waals surface area contributed by atoms with E-state index in [1.165, 1.54) is 6.92 Å². The molecule has 2 N–H and O–H groups in total. The highest BCUT2D eigenvalue weighted by Gasteiger charge is 2.37. The smallest absolute Gasteiger partial charge is 0.217 e. The van der Waals surface area contributed by atoms with Gasteiger partial charge in [0.25, 0.3) is 0 Å². The molecule has 0 spiro atoms. The van der Waals surface area contributed by atoms with Gasteiger partial charge in [0.1, 0.15) is 6.10 Å². The molecule has 0 unspecified atom stereocenters. The van der Waals surface area contributed by atoms with Gasteiger partial charge in [0.2, 0.25) is 5.91 Å². The van der Waals surface area contributed by atoms with Crippen LogP contribution >= 0.6 is 0 Å². The van der Waals surface area contributed by atoms with Crippen LogP contribution in [-0.2, 0) is 27.4 Å².